The third kappa shape index (κ3) is 3.63. The second kappa shape index (κ2) is 7.66. The number of ether oxygens (including phenoxy) is 1. The molecule has 0 saturated carbocycles. The summed E-state index contributed by atoms with van der Waals surface area (Å²) in [5, 5.41) is 14.0. The van der Waals surface area contributed by atoms with Crippen LogP contribution in [0.25, 0.3) is 17.3 Å². The lowest BCUT2D eigenvalue weighted by molar-refractivity contribution is 0.0427. The van der Waals surface area contributed by atoms with Crippen molar-refractivity contribution in [1.29, 1.82) is 5.26 Å². The summed E-state index contributed by atoms with van der Waals surface area (Å²) in [4.78, 5) is 16.8. The Morgan fingerprint density at radius 3 is 2.69 bits per heavy atom. The number of carbonyl (C=O) groups is 1. The summed E-state index contributed by atoms with van der Waals surface area (Å²) >= 11 is 5.87. The first-order valence-corrected chi connectivity index (χ1v) is 8.87. The molecule has 4 rings (SSSR count). The Kier molecular flexibility index (Phi) is 4.89. The lowest BCUT2D eigenvalue weighted by atomic mass is 10.1. The van der Waals surface area contributed by atoms with Gasteiger partial charge in [-0.25, -0.2) is 4.79 Å². The van der Waals surface area contributed by atoms with Gasteiger partial charge in [0.05, 0.1) is 0 Å². The van der Waals surface area contributed by atoms with E-state index in [0.29, 0.717) is 16.4 Å². The molecule has 3 aromatic heterocycles. The van der Waals surface area contributed by atoms with Gasteiger partial charge in [-0.3, -0.25) is 4.57 Å². The molecule has 144 valence electrons. The van der Waals surface area contributed by atoms with E-state index in [1.807, 2.05) is 6.07 Å². The van der Waals surface area contributed by atoms with Crippen LogP contribution in [0.2, 0.25) is 5.02 Å². The van der Waals surface area contributed by atoms with E-state index in [0.717, 1.165) is 0 Å². The highest BCUT2D eigenvalue weighted by Gasteiger charge is 2.26. The number of esters is 1. The zero-order valence-electron chi connectivity index (χ0n) is 15.1. The Morgan fingerprint density at radius 2 is 2.00 bits per heavy atom. The molecule has 29 heavy (non-hydrogen) atoms. The Labute approximate surface area is 169 Å². The fourth-order valence-corrected chi connectivity index (χ4v) is 2.89. The van der Waals surface area contributed by atoms with Crippen LogP contribution in [0.4, 0.5) is 0 Å². The quantitative estimate of drug-likeness (QED) is 0.453. The van der Waals surface area contributed by atoms with Crippen molar-refractivity contribution in [2.24, 2.45) is 0 Å². The minimum Gasteiger partial charge on any atom is -0.452 e. The number of rotatable bonds is 5. The Hall–Kier alpha value is -3.83. The van der Waals surface area contributed by atoms with Gasteiger partial charge in [0.25, 0.3) is 5.89 Å². The molecule has 0 unspecified atom stereocenters. The Bertz CT molecular complexity index is 1200. The van der Waals surface area contributed by atoms with Crippen molar-refractivity contribution in [2.75, 3.05) is 0 Å². The normalized spacial score (nSPS) is 10.7. The van der Waals surface area contributed by atoms with E-state index in [9.17, 15) is 10.1 Å². The van der Waals surface area contributed by atoms with Crippen LogP contribution in [-0.4, -0.2) is 20.7 Å². The van der Waals surface area contributed by atoms with Gasteiger partial charge in [0.1, 0.15) is 23.0 Å². The van der Waals surface area contributed by atoms with Crippen molar-refractivity contribution in [1.82, 2.24) is 14.7 Å². The monoisotopic (exact) mass is 408 g/mol. The first-order chi connectivity index (χ1) is 14.1. The fraction of sp³-hybridized carbons (Fsp3) is 0.100. The van der Waals surface area contributed by atoms with Crippen LogP contribution in [0, 0.1) is 18.3 Å². The third-order valence-electron chi connectivity index (χ3n) is 4.12. The molecule has 4 aromatic rings. The first kappa shape index (κ1) is 18.5. The molecular formula is C20H13ClN4O4. The lowest BCUT2D eigenvalue weighted by Gasteiger charge is -2.01. The van der Waals surface area contributed by atoms with Gasteiger partial charge >= 0.3 is 5.97 Å². The molecule has 9 heteroatoms. The Morgan fingerprint density at radius 1 is 1.28 bits per heavy atom. The molecule has 0 spiro atoms. The molecule has 1 aromatic carbocycles. The lowest BCUT2D eigenvalue weighted by Crippen LogP contribution is -2.08. The summed E-state index contributed by atoms with van der Waals surface area (Å²) in [5.41, 5.74) is 0.870. The summed E-state index contributed by atoms with van der Waals surface area (Å²) in [6, 6.07) is 12.5. The molecule has 0 aliphatic rings. The number of nitriles is 1. The highest BCUT2D eigenvalue weighted by molar-refractivity contribution is 6.30. The average Bonchev–Trinajstić information content (AvgIpc) is 3.46. The molecule has 0 aliphatic heterocycles. The van der Waals surface area contributed by atoms with Crippen LogP contribution in [0.5, 0.6) is 0 Å². The average molecular weight is 409 g/mol. The van der Waals surface area contributed by atoms with Crippen LogP contribution in [-0.2, 0) is 11.3 Å². The highest BCUT2D eigenvalue weighted by atomic mass is 35.5. The molecule has 0 aliphatic carbocycles. The minimum absolute atomic E-state index is 0.0636. The van der Waals surface area contributed by atoms with Crippen LogP contribution in [0.15, 0.2) is 57.7 Å². The second-order valence-corrected chi connectivity index (χ2v) is 6.45. The number of furan rings is 1. The van der Waals surface area contributed by atoms with E-state index in [1.165, 1.54) is 0 Å². The van der Waals surface area contributed by atoms with Gasteiger partial charge in [0.15, 0.2) is 6.61 Å². The van der Waals surface area contributed by atoms with Crippen molar-refractivity contribution in [3.63, 3.8) is 0 Å². The predicted molar refractivity (Wildman–Crippen MR) is 101 cm³/mol. The number of carbonyl (C=O) groups excluding carboxylic acids is 1. The molecule has 0 bridgehead atoms. The molecule has 0 N–H and O–H groups in total. The van der Waals surface area contributed by atoms with Crippen molar-refractivity contribution in [2.45, 2.75) is 13.5 Å². The number of aromatic nitrogens is 3. The van der Waals surface area contributed by atoms with Crippen LogP contribution >= 0.6 is 11.6 Å². The van der Waals surface area contributed by atoms with E-state index >= 15 is 0 Å². The van der Waals surface area contributed by atoms with Gasteiger partial charge in [0.2, 0.25) is 11.7 Å². The largest absolute Gasteiger partial charge is 0.452 e. The summed E-state index contributed by atoms with van der Waals surface area (Å²) < 4.78 is 17.6. The molecule has 0 atom stereocenters. The molecule has 3 heterocycles. The fourth-order valence-electron chi connectivity index (χ4n) is 2.76. The van der Waals surface area contributed by atoms with Crippen molar-refractivity contribution in [3.05, 3.63) is 76.6 Å². The highest BCUT2D eigenvalue weighted by Crippen LogP contribution is 2.26. The van der Waals surface area contributed by atoms with Gasteiger partial charge in [-0.2, -0.15) is 10.2 Å². The van der Waals surface area contributed by atoms with Crippen molar-refractivity contribution >= 4 is 17.6 Å². The van der Waals surface area contributed by atoms with Crippen molar-refractivity contribution in [3.8, 4) is 23.3 Å². The molecule has 0 radical (unpaired) electrons. The Balaban J connectivity index is 1.51. The maximum absolute atomic E-state index is 12.6. The molecule has 8 nitrogen and oxygen atoms in total. The summed E-state index contributed by atoms with van der Waals surface area (Å²) in [5.74, 6) is 0.285. The molecule has 0 saturated heterocycles. The minimum atomic E-state index is -0.715. The topological polar surface area (TPSA) is 107 Å². The number of aryl methyl sites for hydroxylation is 1. The van der Waals surface area contributed by atoms with Crippen LogP contribution in [0.1, 0.15) is 27.6 Å². The maximum atomic E-state index is 12.6. The number of nitrogens with zero attached hydrogens (tertiary/aromatic N) is 4. The van der Waals surface area contributed by atoms with Gasteiger partial charge in [0, 0.05) is 23.0 Å². The first-order valence-electron chi connectivity index (χ1n) is 8.49. The number of benzene rings is 1. The molecule has 0 amide bonds. The van der Waals surface area contributed by atoms with Gasteiger partial charge in [-0.05, 0) is 43.3 Å². The van der Waals surface area contributed by atoms with Crippen LogP contribution in [0.3, 0.4) is 0 Å². The van der Waals surface area contributed by atoms with Crippen LogP contribution < -0.4 is 0 Å². The zero-order chi connectivity index (χ0) is 20.4. The molecule has 0 fully saturated rings. The van der Waals surface area contributed by atoms with Gasteiger partial charge in [-0.1, -0.05) is 16.8 Å². The third-order valence-corrected chi connectivity index (χ3v) is 4.37. The summed E-state index contributed by atoms with van der Waals surface area (Å²) in [6.45, 7) is 1.35. The smallest absolute Gasteiger partial charge is 0.343 e. The van der Waals surface area contributed by atoms with E-state index in [1.54, 1.807) is 60.3 Å². The number of hydrogen-bond acceptors (Lipinski definition) is 7. The zero-order valence-corrected chi connectivity index (χ0v) is 15.9. The SMILES string of the molecule is Cc1oc(-n2cccc2)c(C#N)c1C(=O)OCc1nc(-c2ccc(Cl)cc2)no1. The van der Waals surface area contributed by atoms with E-state index < -0.39 is 5.97 Å². The summed E-state index contributed by atoms with van der Waals surface area (Å²) in [6.07, 6.45) is 3.43. The van der Waals surface area contributed by atoms with E-state index in [-0.39, 0.29) is 35.3 Å². The summed E-state index contributed by atoms with van der Waals surface area (Å²) in [7, 11) is 0. The maximum Gasteiger partial charge on any atom is 0.343 e. The van der Waals surface area contributed by atoms with Gasteiger partial charge in [-0.15, -0.1) is 0 Å². The van der Waals surface area contributed by atoms with Gasteiger partial charge < -0.3 is 13.7 Å². The number of halogens is 1. The van der Waals surface area contributed by atoms with E-state index in [4.69, 9.17) is 25.3 Å². The second-order valence-electron chi connectivity index (χ2n) is 6.01. The molecular weight excluding hydrogens is 396 g/mol. The van der Waals surface area contributed by atoms with Crippen molar-refractivity contribution < 1.29 is 18.5 Å². The standard InChI is InChI=1S/C20H13ClN4O4/c1-12-17(15(10-22)19(28-12)25-8-2-3-9-25)20(26)27-11-16-23-18(24-29-16)13-4-6-14(21)7-5-13/h2-9H,11H2,1H3. The predicted octanol–water partition coefficient (Wildman–Crippen LogP) is 4.31. The number of hydrogen-bond donors (Lipinski definition) is 0. The van der Waals surface area contributed by atoms with E-state index in [2.05, 4.69) is 10.1 Å².